The number of pyridine rings is 2. The maximum Gasteiger partial charge on any atom is 0.0995 e. The van der Waals surface area contributed by atoms with Gasteiger partial charge >= 0.3 is 0 Å². The highest BCUT2D eigenvalue weighted by molar-refractivity contribution is 7.08. The Morgan fingerprint density at radius 1 is 0.370 bits per heavy atom. The monoisotopic (exact) mass is 624 g/mol. The van der Waals surface area contributed by atoms with Crippen molar-refractivity contribution in [3.05, 3.63) is 143 Å². The van der Waals surface area contributed by atoms with Crippen LogP contribution < -0.4 is 0 Å². The van der Waals surface area contributed by atoms with Crippen LogP contribution in [0, 0.1) is 0 Å². The van der Waals surface area contributed by atoms with E-state index in [0.29, 0.717) is 0 Å². The smallest absolute Gasteiger partial charge is 0.0995 e. The predicted molar refractivity (Wildman–Crippen MR) is 193 cm³/mol. The molecule has 0 aliphatic carbocycles. The second kappa shape index (κ2) is 11.1. The summed E-state index contributed by atoms with van der Waals surface area (Å²) >= 11 is 3.16. The van der Waals surface area contributed by atoms with Crippen molar-refractivity contribution in [3.63, 3.8) is 0 Å². The molecule has 0 bridgehead atoms. The SMILES string of the molecule is c1ccc2cc(-c3ccc4c(-c5ccnc(-c6cscn6)c5)c5ccccc5c(-c5ccnc(-c6cscn6)c5)c4c3)ccc2c1. The number of hydrogen-bond donors (Lipinski definition) is 0. The van der Waals surface area contributed by atoms with Crippen LogP contribution in [0.1, 0.15) is 0 Å². The van der Waals surface area contributed by atoms with Crippen LogP contribution in [-0.2, 0) is 0 Å². The highest BCUT2D eigenvalue weighted by Gasteiger charge is 2.19. The second-order valence-corrected chi connectivity index (χ2v) is 12.7. The van der Waals surface area contributed by atoms with Crippen molar-refractivity contribution in [2.75, 3.05) is 0 Å². The van der Waals surface area contributed by atoms with Gasteiger partial charge in [-0.05, 0) is 102 Å². The number of thiazole rings is 2. The molecule has 0 saturated heterocycles. The van der Waals surface area contributed by atoms with Crippen LogP contribution in [0.25, 0.3) is 88.5 Å². The normalized spacial score (nSPS) is 11.5. The van der Waals surface area contributed by atoms with Crippen LogP contribution in [0.15, 0.2) is 143 Å². The predicted octanol–water partition coefficient (Wildman–Crippen LogP) is 11.2. The number of aromatic nitrogens is 4. The van der Waals surface area contributed by atoms with Crippen LogP contribution in [0.5, 0.6) is 0 Å². The zero-order valence-electron chi connectivity index (χ0n) is 24.5. The van der Waals surface area contributed by atoms with Gasteiger partial charge in [0.15, 0.2) is 0 Å². The molecule has 4 heterocycles. The third-order valence-corrected chi connectivity index (χ3v) is 9.77. The van der Waals surface area contributed by atoms with E-state index in [9.17, 15) is 0 Å². The van der Waals surface area contributed by atoms with E-state index in [1.165, 1.54) is 54.6 Å². The Morgan fingerprint density at radius 2 is 0.913 bits per heavy atom. The summed E-state index contributed by atoms with van der Waals surface area (Å²) in [6, 6.07) is 39.4. The van der Waals surface area contributed by atoms with Crippen molar-refractivity contribution in [2.24, 2.45) is 0 Å². The summed E-state index contributed by atoms with van der Waals surface area (Å²) in [5, 5.41) is 11.3. The minimum Gasteiger partial charge on any atom is -0.255 e. The third-order valence-electron chi connectivity index (χ3n) is 8.59. The van der Waals surface area contributed by atoms with E-state index in [4.69, 9.17) is 4.98 Å². The van der Waals surface area contributed by atoms with Gasteiger partial charge in [-0.25, -0.2) is 9.97 Å². The summed E-state index contributed by atoms with van der Waals surface area (Å²) < 4.78 is 0. The minimum atomic E-state index is 0.868. The standard InChI is InChI=1S/C40H24N4S2/c1-2-6-26-17-27(10-9-25(26)5-1)28-11-12-33-34(18-28)40(30-14-16-42-36(20-30)38-22-46-24-44-38)32-8-4-3-7-31(32)39(33)29-13-15-41-35(19-29)37-21-45-23-43-37/h1-24H. The van der Waals surface area contributed by atoms with E-state index in [1.807, 2.05) is 34.2 Å². The van der Waals surface area contributed by atoms with E-state index in [-0.39, 0.29) is 0 Å². The van der Waals surface area contributed by atoms with E-state index >= 15 is 0 Å². The van der Waals surface area contributed by atoms with Gasteiger partial charge in [-0.15, -0.1) is 22.7 Å². The van der Waals surface area contributed by atoms with Crippen molar-refractivity contribution >= 4 is 55.0 Å². The molecule has 4 nitrogen and oxygen atoms in total. The van der Waals surface area contributed by atoms with Gasteiger partial charge < -0.3 is 0 Å². The number of benzene rings is 5. The van der Waals surface area contributed by atoms with E-state index < -0.39 is 0 Å². The Balaban J connectivity index is 1.36. The first-order valence-electron chi connectivity index (χ1n) is 15.0. The van der Waals surface area contributed by atoms with Gasteiger partial charge in [-0.2, -0.15) is 0 Å². The van der Waals surface area contributed by atoms with Crippen molar-refractivity contribution in [3.8, 4) is 56.2 Å². The molecular weight excluding hydrogens is 601 g/mol. The molecular formula is C40H24N4S2. The summed E-state index contributed by atoms with van der Waals surface area (Å²) in [7, 11) is 0. The fourth-order valence-electron chi connectivity index (χ4n) is 6.48. The van der Waals surface area contributed by atoms with Crippen LogP contribution in [0.4, 0.5) is 0 Å². The highest BCUT2D eigenvalue weighted by Crippen LogP contribution is 2.45. The Labute approximate surface area is 273 Å². The number of rotatable bonds is 5. The average Bonchev–Trinajstić information content (AvgIpc) is 3.86. The fourth-order valence-corrected chi connectivity index (χ4v) is 7.57. The number of fused-ring (bicyclic) bond motifs is 3. The molecule has 4 aromatic heterocycles. The zero-order valence-corrected chi connectivity index (χ0v) is 26.1. The van der Waals surface area contributed by atoms with E-state index in [2.05, 4.69) is 124 Å². The molecule has 0 aliphatic heterocycles. The maximum absolute atomic E-state index is 4.69. The van der Waals surface area contributed by atoms with Crippen molar-refractivity contribution in [1.82, 2.24) is 19.9 Å². The van der Waals surface area contributed by atoms with Gasteiger partial charge in [-0.1, -0.05) is 72.8 Å². The minimum absolute atomic E-state index is 0.868. The molecule has 46 heavy (non-hydrogen) atoms. The van der Waals surface area contributed by atoms with Gasteiger partial charge in [0.2, 0.25) is 0 Å². The lowest BCUT2D eigenvalue weighted by molar-refractivity contribution is 1.28. The van der Waals surface area contributed by atoms with Gasteiger partial charge in [0.25, 0.3) is 0 Å². The third kappa shape index (κ3) is 4.58. The lowest BCUT2D eigenvalue weighted by Crippen LogP contribution is -1.94. The molecule has 0 unspecified atom stereocenters. The first-order chi connectivity index (χ1) is 22.8. The topological polar surface area (TPSA) is 51.6 Å². The Morgan fingerprint density at radius 3 is 1.54 bits per heavy atom. The molecule has 0 amide bonds. The van der Waals surface area contributed by atoms with Gasteiger partial charge in [0.1, 0.15) is 0 Å². The first kappa shape index (κ1) is 26.8. The van der Waals surface area contributed by atoms with E-state index in [1.54, 1.807) is 22.7 Å². The van der Waals surface area contributed by atoms with Gasteiger partial charge in [0.05, 0.1) is 33.8 Å². The van der Waals surface area contributed by atoms with Crippen molar-refractivity contribution in [2.45, 2.75) is 0 Å². The van der Waals surface area contributed by atoms with Gasteiger partial charge in [0, 0.05) is 23.2 Å². The van der Waals surface area contributed by atoms with Gasteiger partial charge in [-0.3, -0.25) is 9.97 Å². The van der Waals surface area contributed by atoms with Crippen LogP contribution in [-0.4, -0.2) is 19.9 Å². The molecule has 0 spiro atoms. The van der Waals surface area contributed by atoms with Crippen LogP contribution >= 0.6 is 22.7 Å². The Hall–Kier alpha value is -5.56. The Bertz CT molecular complexity index is 2540. The molecule has 0 radical (unpaired) electrons. The average molecular weight is 625 g/mol. The molecule has 6 heteroatoms. The van der Waals surface area contributed by atoms with E-state index in [0.717, 1.165) is 33.9 Å². The molecule has 0 fully saturated rings. The lowest BCUT2D eigenvalue weighted by Gasteiger charge is -2.19. The number of nitrogens with zero attached hydrogens (tertiary/aromatic N) is 4. The summed E-state index contributed by atoms with van der Waals surface area (Å²) in [6.07, 6.45) is 3.79. The molecule has 0 atom stereocenters. The van der Waals surface area contributed by atoms with Crippen molar-refractivity contribution in [1.29, 1.82) is 0 Å². The largest absolute Gasteiger partial charge is 0.255 e. The fraction of sp³-hybridized carbons (Fsp3) is 0. The summed E-state index contributed by atoms with van der Waals surface area (Å²) in [5.41, 5.74) is 14.2. The lowest BCUT2D eigenvalue weighted by atomic mass is 9.84. The second-order valence-electron chi connectivity index (χ2n) is 11.2. The van der Waals surface area contributed by atoms with Crippen molar-refractivity contribution < 1.29 is 0 Å². The Kier molecular flexibility index (Phi) is 6.47. The molecule has 5 aromatic carbocycles. The zero-order chi connectivity index (χ0) is 30.5. The molecule has 9 aromatic rings. The molecule has 0 aliphatic rings. The highest BCUT2D eigenvalue weighted by atomic mass is 32.1. The molecule has 9 rings (SSSR count). The molecule has 0 saturated carbocycles. The molecule has 216 valence electrons. The van der Waals surface area contributed by atoms with Crippen LogP contribution in [0.2, 0.25) is 0 Å². The quantitative estimate of drug-likeness (QED) is 0.179. The summed E-state index contributed by atoms with van der Waals surface area (Å²) in [6.45, 7) is 0. The molecule has 0 N–H and O–H groups in total. The number of hydrogen-bond acceptors (Lipinski definition) is 6. The first-order valence-corrected chi connectivity index (χ1v) is 16.9. The maximum atomic E-state index is 4.69. The summed E-state index contributed by atoms with van der Waals surface area (Å²) in [4.78, 5) is 18.5. The summed E-state index contributed by atoms with van der Waals surface area (Å²) in [5.74, 6) is 0. The van der Waals surface area contributed by atoms with Crippen LogP contribution in [0.3, 0.4) is 0 Å².